The first kappa shape index (κ1) is 11.6. The smallest absolute Gasteiger partial charge is 0.264 e. The highest BCUT2D eigenvalue weighted by Crippen LogP contribution is 2.23. The Bertz CT molecular complexity index is 375. The van der Waals surface area contributed by atoms with E-state index >= 15 is 0 Å². The number of rotatable bonds is 2. The van der Waals surface area contributed by atoms with Gasteiger partial charge in [0.15, 0.2) is 0 Å². The molecule has 1 amide bonds. The molecule has 3 nitrogen and oxygen atoms in total. The Hall–Kier alpha value is -0.870. The van der Waals surface area contributed by atoms with Crippen LogP contribution in [0.25, 0.3) is 0 Å². The van der Waals surface area contributed by atoms with Gasteiger partial charge in [-0.3, -0.25) is 4.79 Å². The van der Waals surface area contributed by atoms with Gasteiger partial charge >= 0.3 is 0 Å². The first-order chi connectivity index (χ1) is 7.74. The Morgan fingerprint density at radius 1 is 1.62 bits per heavy atom. The van der Waals surface area contributed by atoms with Gasteiger partial charge in [-0.2, -0.15) is 0 Å². The lowest BCUT2D eigenvalue weighted by molar-refractivity contribution is 0.0628. The van der Waals surface area contributed by atoms with Gasteiger partial charge in [0, 0.05) is 19.1 Å². The lowest BCUT2D eigenvalue weighted by Crippen LogP contribution is -2.47. The summed E-state index contributed by atoms with van der Waals surface area (Å²) in [6.45, 7) is 3.43. The quantitative estimate of drug-likeness (QED) is 0.856. The molecule has 2 heterocycles. The van der Waals surface area contributed by atoms with Crippen molar-refractivity contribution in [1.82, 2.24) is 4.90 Å². The van der Waals surface area contributed by atoms with Crippen molar-refractivity contribution in [2.75, 3.05) is 13.1 Å². The molecule has 0 aliphatic carbocycles. The number of nitrogens with zero attached hydrogens (tertiary/aromatic N) is 1. The maximum Gasteiger partial charge on any atom is 0.264 e. The third-order valence-corrected chi connectivity index (χ3v) is 4.22. The van der Waals surface area contributed by atoms with Gasteiger partial charge in [0.05, 0.1) is 4.88 Å². The van der Waals surface area contributed by atoms with Crippen molar-refractivity contribution in [3.8, 4) is 0 Å². The maximum absolute atomic E-state index is 12.3. The molecule has 4 heteroatoms. The molecular formula is C12H18N2OS. The number of aryl methyl sites for hydroxylation is 1. The normalized spacial score (nSPS) is 21.1. The summed E-state index contributed by atoms with van der Waals surface area (Å²) in [4.78, 5) is 15.2. The molecule has 1 aliphatic heterocycles. The van der Waals surface area contributed by atoms with Crippen LogP contribution < -0.4 is 5.73 Å². The first-order valence-electron chi connectivity index (χ1n) is 5.79. The molecule has 2 rings (SSSR count). The van der Waals surface area contributed by atoms with Crippen LogP contribution in [0.2, 0.25) is 0 Å². The fraction of sp³-hybridized carbons (Fsp3) is 0.583. The largest absolute Gasteiger partial charge is 0.334 e. The van der Waals surface area contributed by atoms with E-state index in [2.05, 4.69) is 0 Å². The van der Waals surface area contributed by atoms with E-state index in [4.69, 9.17) is 5.73 Å². The third-order valence-electron chi connectivity index (χ3n) is 3.22. The molecule has 0 saturated carbocycles. The highest BCUT2D eigenvalue weighted by atomic mass is 32.1. The fourth-order valence-electron chi connectivity index (χ4n) is 2.24. The van der Waals surface area contributed by atoms with E-state index < -0.39 is 0 Å². The van der Waals surface area contributed by atoms with E-state index in [0.29, 0.717) is 6.54 Å². The molecule has 1 atom stereocenters. The number of thiophene rings is 1. The monoisotopic (exact) mass is 238 g/mol. The lowest BCUT2D eigenvalue weighted by atomic mass is 10.0. The Morgan fingerprint density at radius 3 is 3.06 bits per heavy atom. The van der Waals surface area contributed by atoms with Crippen LogP contribution in [0.3, 0.4) is 0 Å². The number of hydrogen-bond acceptors (Lipinski definition) is 3. The van der Waals surface area contributed by atoms with E-state index in [1.165, 1.54) is 17.8 Å². The van der Waals surface area contributed by atoms with E-state index in [1.54, 1.807) is 0 Å². The molecule has 0 spiro atoms. The van der Waals surface area contributed by atoms with E-state index in [-0.39, 0.29) is 11.9 Å². The van der Waals surface area contributed by atoms with Crippen LogP contribution in [-0.2, 0) is 0 Å². The van der Waals surface area contributed by atoms with Crippen LogP contribution in [0.4, 0.5) is 0 Å². The van der Waals surface area contributed by atoms with Crippen LogP contribution in [0.5, 0.6) is 0 Å². The second kappa shape index (κ2) is 4.97. The number of carbonyl (C=O) groups excluding carboxylic acids is 1. The van der Waals surface area contributed by atoms with Gasteiger partial charge in [-0.15, -0.1) is 11.3 Å². The van der Waals surface area contributed by atoms with Crippen LogP contribution in [0.15, 0.2) is 11.4 Å². The number of piperidine rings is 1. The molecule has 2 N–H and O–H groups in total. The minimum absolute atomic E-state index is 0.169. The van der Waals surface area contributed by atoms with Gasteiger partial charge in [0.2, 0.25) is 0 Å². The predicted octanol–water partition coefficient (Wildman–Crippen LogP) is 2.01. The zero-order chi connectivity index (χ0) is 11.5. The molecule has 1 aromatic rings. The first-order valence-corrected chi connectivity index (χ1v) is 6.67. The molecule has 1 aromatic heterocycles. The number of hydrogen-bond donors (Lipinski definition) is 1. The van der Waals surface area contributed by atoms with Gasteiger partial charge < -0.3 is 10.6 Å². The maximum atomic E-state index is 12.3. The molecule has 1 fully saturated rings. The van der Waals surface area contributed by atoms with Crippen molar-refractivity contribution < 1.29 is 4.79 Å². The average Bonchev–Trinajstić information content (AvgIpc) is 2.74. The van der Waals surface area contributed by atoms with Crippen molar-refractivity contribution in [2.24, 2.45) is 5.73 Å². The van der Waals surface area contributed by atoms with E-state index in [0.717, 1.165) is 29.8 Å². The summed E-state index contributed by atoms with van der Waals surface area (Å²) in [5.41, 5.74) is 6.81. The molecular weight excluding hydrogens is 220 g/mol. The molecule has 1 unspecified atom stereocenters. The number of amides is 1. The summed E-state index contributed by atoms with van der Waals surface area (Å²) in [6.07, 6.45) is 3.34. The van der Waals surface area contributed by atoms with Gasteiger partial charge in [0.1, 0.15) is 0 Å². The van der Waals surface area contributed by atoms with Crippen LogP contribution in [0, 0.1) is 6.92 Å². The topological polar surface area (TPSA) is 46.3 Å². The minimum Gasteiger partial charge on any atom is -0.334 e. The van der Waals surface area contributed by atoms with Crippen molar-refractivity contribution >= 4 is 17.2 Å². The van der Waals surface area contributed by atoms with Gasteiger partial charge in [-0.25, -0.2) is 0 Å². The molecule has 88 valence electrons. The minimum atomic E-state index is 0.169. The molecule has 0 bridgehead atoms. The van der Waals surface area contributed by atoms with Gasteiger partial charge in [-0.05, 0) is 43.2 Å². The van der Waals surface area contributed by atoms with Crippen LogP contribution in [0.1, 0.15) is 34.5 Å². The van der Waals surface area contributed by atoms with Gasteiger partial charge in [-0.1, -0.05) is 0 Å². The number of carbonyl (C=O) groups is 1. The average molecular weight is 238 g/mol. The second-order valence-corrected chi connectivity index (χ2v) is 5.23. The summed E-state index contributed by atoms with van der Waals surface area (Å²) >= 11 is 1.53. The Labute approximate surface area is 100 Å². The van der Waals surface area contributed by atoms with Crippen LogP contribution >= 0.6 is 11.3 Å². The molecule has 1 aliphatic rings. The summed E-state index contributed by atoms with van der Waals surface area (Å²) in [6, 6.07) is 2.24. The Balaban J connectivity index is 2.17. The Kier molecular flexibility index (Phi) is 3.61. The zero-order valence-corrected chi connectivity index (χ0v) is 10.4. The summed E-state index contributed by atoms with van der Waals surface area (Å²) < 4.78 is 0. The SMILES string of the molecule is Cc1ccsc1C(=O)N1CCCCC1CN. The third kappa shape index (κ3) is 2.13. The van der Waals surface area contributed by atoms with Crippen molar-refractivity contribution in [3.63, 3.8) is 0 Å². The van der Waals surface area contributed by atoms with E-state index in [1.807, 2.05) is 23.3 Å². The molecule has 1 saturated heterocycles. The number of nitrogens with two attached hydrogens (primary N) is 1. The molecule has 0 aromatic carbocycles. The Morgan fingerprint density at radius 2 is 2.44 bits per heavy atom. The standard InChI is InChI=1S/C12H18N2OS/c1-9-5-7-16-11(9)12(15)14-6-3-2-4-10(14)8-13/h5,7,10H,2-4,6,8,13H2,1H3. The predicted molar refractivity (Wildman–Crippen MR) is 66.8 cm³/mol. The highest BCUT2D eigenvalue weighted by molar-refractivity contribution is 7.12. The summed E-state index contributed by atoms with van der Waals surface area (Å²) in [5.74, 6) is 0.169. The summed E-state index contributed by atoms with van der Waals surface area (Å²) in [5, 5.41) is 1.98. The second-order valence-electron chi connectivity index (χ2n) is 4.32. The van der Waals surface area contributed by atoms with Crippen molar-refractivity contribution in [3.05, 3.63) is 21.9 Å². The summed E-state index contributed by atoms with van der Waals surface area (Å²) in [7, 11) is 0. The lowest BCUT2D eigenvalue weighted by Gasteiger charge is -2.34. The van der Waals surface area contributed by atoms with Crippen molar-refractivity contribution in [2.45, 2.75) is 32.2 Å². The fourth-order valence-corrected chi connectivity index (χ4v) is 3.12. The molecule has 0 radical (unpaired) electrons. The highest BCUT2D eigenvalue weighted by Gasteiger charge is 2.27. The van der Waals surface area contributed by atoms with E-state index in [9.17, 15) is 4.79 Å². The van der Waals surface area contributed by atoms with Crippen molar-refractivity contribution in [1.29, 1.82) is 0 Å². The van der Waals surface area contributed by atoms with Gasteiger partial charge in [0.25, 0.3) is 5.91 Å². The zero-order valence-electron chi connectivity index (χ0n) is 9.61. The molecule has 16 heavy (non-hydrogen) atoms. The van der Waals surface area contributed by atoms with Crippen LogP contribution in [-0.4, -0.2) is 29.9 Å². The number of likely N-dealkylation sites (tertiary alicyclic amines) is 1.